The number of hydroxylamine groups is 1. The Morgan fingerprint density at radius 1 is 1.02 bits per heavy atom. The summed E-state index contributed by atoms with van der Waals surface area (Å²) in [6.07, 6.45) is 7.82. The Hall–Kier alpha value is -1.80. The SMILES string of the molecule is C/C=N\C(=NC(C)c1ccc2c(c1)C(C)(C)CCC2(C)C)N1CCC(N2CCC(NOC(C)(C)C)C2)CC1.CC.O.[HH]. The first-order chi connectivity index (χ1) is 18.8. The predicted octanol–water partition coefficient (Wildman–Crippen LogP) is 6.85. The molecule has 7 heteroatoms. The second kappa shape index (κ2) is 14.6. The fourth-order valence-corrected chi connectivity index (χ4v) is 6.33. The average molecular weight is 574 g/mol. The molecular weight excluding hydrogens is 510 g/mol. The van der Waals surface area contributed by atoms with Crippen molar-refractivity contribution in [2.24, 2.45) is 9.98 Å². The van der Waals surface area contributed by atoms with Gasteiger partial charge in [0.1, 0.15) is 0 Å². The van der Waals surface area contributed by atoms with Crippen molar-refractivity contribution in [1.82, 2.24) is 15.3 Å². The number of nitrogens with zero attached hydrogens (tertiary/aromatic N) is 4. The molecule has 2 atom stereocenters. The minimum absolute atomic E-state index is 0. The zero-order valence-corrected chi connectivity index (χ0v) is 28.1. The van der Waals surface area contributed by atoms with Crippen molar-refractivity contribution in [1.29, 1.82) is 0 Å². The minimum atomic E-state index is -0.155. The molecule has 236 valence electrons. The van der Waals surface area contributed by atoms with E-state index in [2.05, 4.69) is 88.9 Å². The molecule has 2 aliphatic heterocycles. The molecule has 4 rings (SSSR count). The summed E-state index contributed by atoms with van der Waals surface area (Å²) in [6.45, 7) is 28.3. The highest BCUT2D eigenvalue weighted by molar-refractivity contribution is 5.87. The van der Waals surface area contributed by atoms with Crippen molar-refractivity contribution in [3.8, 4) is 0 Å². The number of piperidine rings is 1. The topological polar surface area (TPSA) is 84.0 Å². The summed E-state index contributed by atoms with van der Waals surface area (Å²) >= 11 is 0. The molecule has 0 amide bonds. The first-order valence-corrected chi connectivity index (χ1v) is 15.9. The number of aliphatic imine (C=N–C) groups is 2. The second-order valence-electron chi connectivity index (χ2n) is 14.1. The summed E-state index contributed by atoms with van der Waals surface area (Å²) in [6, 6.07) is 8.23. The van der Waals surface area contributed by atoms with Gasteiger partial charge < -0.3 is 10.4 Å². The third-order valence-corrected chi connectivity index (χ3v) is 8.93. The van der Waals surface area contributed by atoms with Crippen molar-refractivity contribution in [3.63, 3.8) is 0 Å². The fraction of sp³-hybridized carbons (Fsp3) is 0.765. The lowest BCUT2D eigenvalue weighted by Gasteiger charge is -2.42. The van der Waals surface area contributed by atoms with Gasteiger partial charge in [-0.3, -0.25) is 9.74 Å². The molecule has 0 bridgehead atoms. The number of hydrogen-bond donors (Lipinski definition) is 1. The number of guanidine groups is 1. The normalized spacial score (nSPS) is 23.9. The smallest absolute Gasteiger partial charge is 0.220 e. The van der Waals surface area contributed by atoms with Gasteiger partial charge in [0, 0.05) is 45.9 Å². The van der Waals surface area contributed by atoms with Crippen LogP contribution in [0.1, 0.15) is 132 Å². The Morgan fingerprint density at radius 2 is 1.63 bits per heavy atom. The molecule has 2 heterocycles. The average Bonchev–Trinajstić information content (AvgIpc) is 3.40. The molecule has 3 aliphatic rings. The van der Waals surface area contributed by atoms with E-state index in [0.717, 1.165) is 51.4 Å². The van der Waals surface area contributed by atoms with Crippen LogP contribution in [0, 0.1) is 0 Å². The van der Waals surface area contributed by atoms with Gasteiger partial charge in [-0.15, -0.1) is 0 Å². The molecular formula is C34H63N5O2. The van der Waals surface area contributed by atoms with E-state index in [1.807, 2.05) is 27.0 Å². The maximum atomic E-state index is 5.83. The zero-order chi connectivity index (χ0) is 29.7. The highest BCUT2D eigenvalue weighted by Crippen LogP contribution is 2.46. The molecule has 0 aromatic heterocycles. The van der Waals surface area contributed by atoms with Gasteiger partial charge in [-0.2, -0.15) is 5.48 Å². The molecule has 1 aliphatic carbocycles. The van der Waals surface area contributed by atoms with Crippen LogP contribution < -0.4 is 5.48 Å². The molecule has 0 saturated carbocycles. The standard InChI is InChI=1S/C32H53N5O.C2H6.H2O.H2/c1-10-33-29(34-23(2)24-11-12-27-28(21-24)32(8,9)17-16-31(27,6)7)36-19-14-26(15-20-36)37-18-13-25(22-37)35-38-30(3,4)5;1-2;;/h10-12,21,23,25-26,35H,13-20,22H2,1-9H3;1-2H3;1H2;1H/b33-10-,34-29?;;;. The van der Waals surface area contributed by atoms with Crippen LogP contribution in [0.5, 0.6) is 0 Å². The maximum Gasteiger partial charge on any atom is 0.220 e. The Labute approximate surface area is 253 Å². The van der Waals surface area contributed by atoms with Gasteiger partial charge in [0.15, 0.2) is 0 Å². The molecule has 0 spiro atoms. The van der Waals surface area contributed by atoms with Crippen LogP contribution in [-0.4, -0.2) is 71.3 Å². The van der Waals surface area contributed by atoms with Gasteiger partial charge in [-0.25, -0.2) is 9.98 Å². The number of benzene rings is 1. The summed E-state index contributed by atoms with van der Waals surface area (Å²) in [5.74, 6) is 0.885. The number of rotatable bonds is 5. The van der Waals surface area contributed by atoms with Gasteiger partial charge in [0.2, 0.25) is 5.96 Å². The summed E-state index contributed by atoms with van der Waals surface area (Å²) in [5, 5.41) is 0. The third-order valence-electron chi connectivity index (χ3n) is 8.93. The van der Waals surface area contributed by atoms with Crippen LogP contribution in [0.15, 0.2) is 28.2 Å². The van der Waals surface area contributed by atoms with E-state index >= 15 is 0 Å². The molecule has 0 radical (unpaired) electrons. The quantitative estimate of drug-likeness (QED) is 0.237. The summed E-state index contributed by atoms with van der Waals surface area (Å²) in [7, 11) is 0. The largest absolute Gasteiger partial charge is 0.412 e. The molecule has 7 nitrogen and oxygen atoms in total. The number of hydrogen-bond acceptors (Lipinski definition) is 4. The van der Waals surface area contributed by atoms with Crippen LogP contribution in [0.4, 0.5) is 0 Å². The lowest BCUT2D eigenvalue weighted by atomic mass is 9.63. The Bertz CT molecular complexity index is 1030. The summed E-state index contributed by atoms with van der Waals surface area (Å²) in [4.78, 5) is 20.8. The van der Waals surface area contributed by atoms with Crippen molar-refractivity contribution < 1.29 is 11.7 Å². The van der Waals surface area contributed by atoms with Gasteiger partial charge in [0.25, 0.3) is 0 Å². The molecule has 2 fully saturated rings. The van der Waals surface area contributed by atoms with Gasteiger partial charge in [-0.05, 0) is 94.2 Å². The number of nitrogens with one attached hydrogen (secondary N) is 1. The second-order valence-corrected chi connectivity index (χ2v) is 14.1. The van der Waals surface area contributed by atoms with Crippen LogP contribution >= 0.6 is 0 Å². The molecule has 3 N–H and O–H groups in total. The van der Waals surface area contributed by atoms with Crippen molar-refractivity contribution in [2.75, 3.05) is 26.2 Å². The number of likely N-dealkylation sites (tertiary alicyclic amines) is 2. The third kappa shape index (κ3) is 9.09. The van der Waals surface area contributed by atoms with Crippen LogP contribution in [0.25, 0.3) is 0 Å². The molecule has 2 unspecified atom stereocenters. The lowest BCUT2D eigenvalue weighted by molar-refractivity contribution is -0.0870. The first-order valence-electron chi connectivity index (χ1n) is 15.9. The van der Waals surface area contributed by atoms with E-state index in [-0.39, 0.29) is 29.4 Å². The number of fused-ring (bicyclic) bond motifs is 1. The van der Waals surface area contributed by atoms with E-state index in [9.17, 15) is 0 Å². The lowest BCUT2D eigenvalue weighted by Crippen LogP contribution is -2.47. The van der Waals surface area contributed by atoms with Crippen molar-refractivity contribution in [2.45, 2.75) is 143 Å². The molecule has 1 aromatic carbocycles. The van der Waals surface area contributed by atoms with Gasteiger partial charge in [0.05, 0.1) is 11.6 Å². The monoisotopic (exact) mass is 573 g/mol. The van der Waals surface area contributed by atoms with Crippen molar-refractivity contribution in [3.05, 3.63) is 34.9 Å². The van der Waals surface area contributed by atoms with Crippen LogP contribution in [0.3, 0.4) is 0 Å². The first kappa shape index (κ1) is 35.4. The van der Waals surface area contributed by atoms with E-state index in [1.165, 1.54) is 29.5 Å². The Morgan fingerprint density at radius 3 is 2.22 bits per heavy atom. The van der Waals surface area contributed by atoms with Crippen molar-refractivity contribution >= 4 is 12.2 Å². The predicted molar refractivity (Wildman–Crippen MR) is 177 cm³/mol. The van der Waals surface area contributed by atoms with Crippen LogP contribution in [0.2, 0.25) is 0 Å². The zero-order valence-electron chi connectivity index (χ0n) is 28.1. The molecule has 1 aromatic rings. The minimum Gasteiger partial charge on any atom is -0.412 e. The van der Waals surface area contributed by atoms with Crippen LogP contribution in [-0.2, 0) is 15.7 Å². The van der Waals surface area contributed by atoms with E-state index < -0.39 is 0 Å². The van der Waals surface area contributed by atoms with E-state index in [4.69, 9.17) is 14.8 Å². The Kier molecular flexibility index (Phi) is 12.6. The maximum absolute atomic E-state index is 5.83. The molecule has 41 heavy (non-hydrogen) atoms. The highest BCUT2D eigenvalue weighted by atomic mass is 16.7. The summed E-state index contributed by atoms with van der Waals surface area (Å²) in [5.41, 5.74) is 7.90. The Balaban J connectivity index is 0.00000216. The van der Waals surface area contributed by atoms with Gasteiger partial charge >= 0.3 is 0 Å². The summed E-state index contributed by atoms with van der Waals surface area (Å²) < 4.78 is 0. The van der Waals surface area contributed by atoms with E-state index in [1.54, 1.807) is 0 Å². The van der Waals surface area contributed by atoms with Gasteiger partial charge in [-0.1, -0.05) is 59.7 Å². The fourth-order valence-electron chi connectivity index (χ4n) is 6.33. The van der Waals surface area contributed by atoms with E-state index in [0.29, 0.717) is 12.1 Å². The highest BCUT2D eigenvalue weighted by Gasteiger charge is 2.37. The molecule has 2 saturated heterocycles.